The Labute approximate surface area is 135 Å². The molecule has 4 heteroatoms. The lowest BCUT2D eigenvalue weighted by Gasteiger charge is -2.17. The van der Waals surface area contributed by atoms with Gasteiger partial charge in [0.15, 0.2) is 5.78 Å². The molecule has 0 saturated heterocycles. The van der Waals surface area contributed by atoms with Crippen molar-refractivity contribution in [1.29, 1.82) is 0 Å². The quantitative estimate of drug-likeness (QED) is 0.709. The molecule has 2 aromatic carbocycles. The van der Waals surface area contributed by atoms with Crippen LogP contribution in [0, 0.1) is 0 Å². The molecule has 0 saturated carbocycles. The number of Topliss-reactive ketones (excluding diaryl/α,β-unsaturated/α-hetero) is 1. The molecule has 2 rings (SSSR count). The van der Waals surface area contributed by atoms with Crippen molar-refractivity contribution in [2.45, 2.75) is 26.3 Å². The van der Waals surface area contributed by atoms with E-state index < -0.39 is 0 Å². The molecule has 1 unspecified atom stereocenters. The summed E-state index contributed by atoms with van der Waals surface area (Å²) in [6.45, 7) is 3.89. The van der Waals surface area contributed by atoms with Crippen molar-refractivity contribution in [2.24, 2.45) is 0 Å². The van der Waals surface area contributed by atoms with Gasteiger partial charge in [-0.3, -0.25) is 4.79 Å². The number of anilines is 1. The highest BCUT2D eigenvalue weighted by Gasteiger charge is 2.10. The number of nitrogens with one attached hydrogen (secondary N) is 1. The molecule has 0 spiro atoms. The van der Waals surface area contributed by atoms with Gasteiger partial charge in [-0.1, -0.05) is 36.2 Å². The third-order valence-corrected chi connectivity index (χ3v) is 3.90. The second-order valence-electron chi connectivity index (χ2n) is 4.89. The Morgan fingerprint density at radius 3 is 2.38 bits per heavy atom. The van der Waals surface area contributed by atoms with E-state index in [1.54, 1.807) is 6.07 Å². The number of carbonyl (C=O) groups excluding carboxylic acids is 1. The summed E-state index contributed by atoms with van der Waals surface area (Å²) in [4.78, 5) is 11.6. The Kier molecular flexibility index (Phi) is 5.27. The highest BCUT2D eigenvalue weighted by molar-refractivity contribution is 6.35. The van der Waals surface area contributed by atoms with Gasteiger partial charge in [0.25, 0.3) is 0 Å². The Morgan fingerprint density at radius 1 is 1.14 bits per heavy atom. The maximum absolute atomic E-state index is 11.6. The lowest BCUT2D eigenvalue weighted by Crippen LogP contribution is -2.07. The predicted molar refractivity (Wildman–Crippen MR) is 89.6 cm³/mol. The number of rotatable bonds is 5. The lowest BCUT2D eigenvalue weighted by atomic mass is 10.1. The van der Waals surface area contributed by atoms with E-state index in [-0.39, 0.29) is 11.8 Å². The highest BCUT2D eigenvalue weighted by atomic mass is 35.5. The molecule has 0 amide bonds. The number of halogens is 2. The molecular weight excluding hydrogens is 305 g/mol. The first-order valence-electron chi connectivity index (χ1n) is 6.86. The first-order chi connectivity index (χ1) is 10.0. The van der Waals surface area contributed by atoms with Gasteiger partial charge in [0.05, 0.1) is 0 Å². The predicted octanol–water partition coefficient (Wildman–Crippen LogP) is 5.76. The van der Waals surface area contributed by atoms with Gasteiger partial charge in [0.2, 0.25) is 0 Å². The van der Waals surface area contributed by atoms with E-state index in [1.807, 2.05) is 50.2 Å². The fraction of sp³-hybridized carbons (Fsp3) is 0.235. The summed E-state index contributed by atoms with van der Waals surface area (Å²) in [5, 5.41) is 4.63. The molecule has 1 atom stereocenters. The normalized spacial score (nSPS) is 12.0. The van der Waals surface area contributed by atoms with Crippen LogP contribution in [0.1, 0.15) is 42.2 Å². The number of hydrogen-bond donors (Lipinski definition) is 1. The van der Waals surface area contributed by atoms with Crippen LogP contribution in [-0.2, 0) is 0 Å². The molecule has 0 heterocycles. The minimum atomic E-state index is 0.0440. The first-order valence-corrected chi connectivity index (χ1v) is 7.61. The number of hydrogen-bond acceptors (Lipinski definition) is 2. The molecule has 0 fully saturated rings. The van der Waals surface area contributed by atoms with Crippen molar-refractivity contribution in [3.05, 3.63) is 63.6 Å². The van der Waals surface area contributed by atoms with E-state index in [4.69, 9.17) is 23.2 Å². The van der Waals surface area contributed by atoms with E-state index in [0.29, 0.717) is 16.5 Å². The fourth-order valence-corrected chi connectivity index (χ4v) is 2.71. The summed E-state index contributed by atoms with van der Waals surface area (Å²) < 4.78 is 0. The number of benzene rings is 2. The Bertz CT molecular complexity index is 638. The van der Waals surface area contributed by atoms with E-state index in [0.717, 1.165) is 16.8 Å². The van der Waals surface area contributed by atoms with Crippen molar-refractivity contribution in [3.63, 3.8) is 0 Å². The van der Waals surface area contributed by atoms with Gasteiger partial charge in [0, 0.05) is 33.8 Å². The zero-order valence-corrected chi connectivity index (χ0v) is 13.5. The Hall–Kier alpha value is -1.51. The second kappa shape index (κ2) is 6.97. The van der Waals surface area contributed by atoms with Crippen LogP contribution in [0.25, 0.3) is 0 Å². The minimum absolute atomic E-state index is 0.0440. The topological polar surface area (TPSA) is 29.1 Å². The fourth-order valence-electron chi connectivity index (χ4n) is 2.14. The molecule has 110 valence electrons. The molecule has 0 radical (unpaired) electrons. The van der Waals surface area contributed by atoms with Crippen molar-refractivity contribution in [1.82, 2.24) is 0 Å². The largest absolute Gasteiger partial charge is 0.378 e. The molecule has 0 bridgehead atoms. The van der Waals surface area contributed by atoms with Crippen LogP contribution in [-0.4, -0.2) is 5.78 Å². The van der Waals surface area contributed by atoms with Crippen LogP contribution in [0.15, 0.2) is 42.5 Å². The summed E-state index contributed by atoms with van der Waals surface area (Å²) in [6.07, 6.45) is 0.517. The van der Waals surface area contributed by atoms with Crippen molar-refractivity contribution in [2.75, 3.05) is 5.32 Å². The van der Waals surface area contributed by atoms with Crippen LogP contribution >= 0.6 is 23.2 Å². The zero-order chi connectivity index (χ0) is 15.4. The van der Waals surface area contributed by atoms with Gasteiger partial charge < -0.3 is 5.32 Å². The van der Waals surface area contributed by atoms with Crippen LogP contribution < -0.4 is 5.32 Å². The standard InChI is InChI=1S/C17H17Cl2NO/c1-3-17(21)12-4-7-14(8-5-12)20-11(2)15-9-6-13(18)10-16(15)19/h4-11,20H,3H2,1-2H3. The van der Waals surface area contributed by atoms with Gasteiger partial charge in [-0.15, -0.1) is 0 Å². The van der Waals surface area contributed by atoms with Crippen molar-refractivity contribution in [3.8, 4) is 0 Å². The van der Waals surface area contributed by atoms with Gasteiger partial charge in [-0.2, -0.15) is 0 Å². The molecule has 0 aliphatic rings. The van der Waals surface area contributed by atoms with E-state index in [1.165, 1.54) is 0 Å². The second-order valence-corrected chi connectivity index (χ2v) is 5.73. The summed E-state index contributed by atoms with van der Waals surface area (Å²) in [5.74, 6) is 0.148. The molecule has 2 nitrogen and oxygen atoms in total. The van der Waals surface area contributed by atoms with Crippen LogP contribution in [0.5, 0.6) is 0 Å². The van der Waals surface area contributed by atoms with Crippen LogP contribution in [0.2, 0.25) is 10.0 Å². The number of ketones is 1. The lowest BCUT2D eigenvalue weighted by molar-refractivity contribution is 0.0988. The first kappa shape index (κ1) is 15.9. The van der Waals surface area contributed by atoms with Gasteiger partial charge >= 0.3 is 0 Å². The van der Waals surface area contributed by atoms with E-state index in [9.17, 15) is 4.79 Å². The maximum atomic E-state index is 11.6. The van der Waals surface area contributed by atoms with Crippen molar-refractivity contribution >= 4 is 34.7 Å². The average molecular weight is 322 g/mol. The molecule has 21 heavy (non-hydrogen) atoms. The van der Waals surface area contributed by atoms with Gasteiger partial charge in [0.1, 0.15) is 0 Å². The van der Waals surface area contributed by atoms with Crippen LogP contribution in [0.4, 0.5) is 5.69 Å². The highest BCUT2D eigenvalue weighted by Crippen LogP contribution is 2.28. The maximum Gasteiger partial charge on any atom is 0.162 e. The molecule has 0 aromatic heterocycles. The molecule has 2 aromatic rings. The van der Waals surface area contributed by atoms with E-state index >= 15 is 0 Å². The van der Waals surface area contributed by atoms with Gasteiger partial charge in [-0.05, 0) is 48.9 Å². The number of carbonyl (C=O) groups is 1. The third kappa shape index (κ3) is 3.99. The average Bonchev–Trinajstić information content (AvgIpc) is 2.47. The van der Waals surface area contributed by atoms with Crippen molar-refractivity contribution < 1.29 is 4.79 Å². The minimum Gasteiger partial charge on any atom is -0.378 e. The molecular formula is C17H17Cl2NO. The smallest absolute Gasteiger partial charge is 0.162 e. The monoisotopic (exact) mass is 321 g/mol. The Morgan fingerprint density at radius 2 is 1.81 bits per heavy atom. The molecule has 0 aliphatic heterocycles. The summed E-state index contributed by atoms with van der Waals surface area (Å²) in [5.41, 5.74) is 2.66. The summed E-state index contributed by atoms with van der Waals surface area (Å²) in [6, 6.07) is 13.0. The SMILES string of the molecule is CCC(=O)c1ccc(NC(C)c2ccc(Cl)cc2Cl)cc1. The Balaban J connectivity index is 2.12. The molecule has 0 aliphatic carbocycles. The third-order valence-electron chi connectivity index (χ3n) is 3.34. The van der Waals surface area contributed by atoms with Gasteiger partial charge in [-0.25, -0.2) is 0 Å². The summed E-state index contributed by atoms with van der Waals surface area (Å²) >= 11 is 12.1. The van der Waals surface area contributed by atoms with E-state index in [2.05, 4.69) is 5.32 Å². The molecule has 1 N–H and O–H groups in total. The zero-order valence-electron chi connectivity index (χ0n) is 12.0. The summed E-state index contributed by atoms with van der Waals surface area (Å²) in [7, 11) is 0. The van der Waals surface area contributed by atoms with Crippen LogP contribution in [0.3, 0.4) is 0 Å².